The number of alkyl halides is 2. The maximum atomic E-state index is 13.7. The van der Waals surface area contributed by atoms with Gasteiger partial charge in [0.05, 0.1) is 12.3 Å². The second-order valence-corrected chi connectivity index (χ2v) is 8.90. The third kappa shape index (κ3) is 7.30. The van der Waals surface area contributed by atoms with Gasteiger partial charge in [-0.15, -0.1) is 0 Å². The van der Waals surface area contributed by atoms with Gasteiger partial charge in [0, 0.05) is 31.8 Å². The SMILES string of the molecule is COCCN1CCC(c2cc(F)cc(F)c2)C1.Cc1c(C(F)(F)CO)nn(-c2ccccc2)c1NC(N)=O. The summed E-state index contributed by atoms with van der Waals surface area (Å²) in [5.41, 5.74) is 5.73. The highest BCUT2D eigenvalue weighted by molar-refractivity contribution is 5.88. The monoisotopic (exact) mass is 537 g/mol. The first-order valence-electron chi connectivity index (χ1n) is 11.9. The summed E-state index contributed by atoms with van der Waals surface area (Å²) < 4.78 is 59.8. The number of aliphatic hydroxyl groups excluding tert-OH is 1. The number of primary amides is 1. The zero-order chi connectivity index (χ0) is 27.9. The lowest BCUT2D eigenvalue weighted by Crippen LogP contribution is -2.24. The van der Waals surface area contributed by atoms with Crippen LogP contribution in [0.5, 0.6) is 0 Å². The number of hydrogen-bond donors (Lipinski definition) is 3. The number of rotatable bonds is 8. The van der Waals surface area contributed by atoms with Crippen molar-refractivity contribution in [2.45, 2.75) is 25.2 Å². The lowest BCUT2D eigenvalue weighted by atomic mass is 9.98. The minimum atomic E-state index is -3.52. The molecule has 1 aliphatic rings. The molecule has 0 bridgehead atoms. The Morgan fingerprint density at radius 3 is 2.45 bits per heavy atom. The zero-order valence-corrected chi connectivity index (χ0v) is 21.1. The maximum absolute atomic E-state index is 13.7. The summed E-state index contributed by atoms with van der Waals surface area (Å²) in [5, 5.41) is 14.9. The molecule has 0 radical (unpaired) electrons. The van der Waals surface area contributed by atoms with E-state index in [0.29, 0.717) is 12.3 Å². The van der Waals surface area contributed by atoms with Crippen molar-refractivity contribution in [1.82, 2.24) is 14.7 Å². The highest BCUT2D eigenvalue weighted by Crippen LogP contribution is 2.34. The van der Waals surface area contributed by atoms with Crippen LogP contribution in [0.3, 0.4) is 0 Å². The first-order valence-corrected chi connectivity index (χ1v) is 11.9. The van der Waals surface area contributed by atoms with Gasteiger partial charge in [0.25, 0.3) is 0 Å². The van der Waals surface area contributed by atoms with Crippen molar-refractivity contribution in [2.75, 3.05) is 45.3 Å². The van der Waals surface area contributed by atoms with Gasteiger partial charge in [0.2, 0.25) is 0 Å². The molecule has 8 nitrogen and oxygen atoms in total. The molecule has 1 aliphatic heterocycles. The fourth-order valence-electron chi connectivity index (χ4n) is 4.28. The van der Waals surface area contributed by atoms with Crippen molar-refractivity contribution in [1.29, 1.82) is 0 Å². The van der Waals surface area contributed by atoms with Crippen molar-refractivity contribution >= 4 is 11.8 Å². The van der Waals surface area contributed by atoms with Crippen LogP contribution in [0.25, 0.3) is 5.69 Å². The van der Waals surface area contributed by atoms with E-state index in [1.54, 1.807) is 37.4 Å². The van der Waals surface area contributed by atoms with E-state index in [4.69, 9.17) is 15.6 Å². The largest absolute Gasteiger partial charge is 0.390 e. The molecule has 3 aromatic rings. The molecular weight excluding hydrogens is 506 g/mol. The van der Waals surface area contributed by atoms with Gasteiger partial charge in [-0.2, -0.15) is 13.9 Å². The molecule has 1 unspecified atom stereocenters. The van der Waals surface area contributed by atoms with E-state index in [1.165, 1.54) is 19.1 Å². The van der Waals surface area contributed by atoms with Gasteiger partial charge in [0.15, 0.2) is 0 Å². The summed E-state index contributed by atoms with van der Waals surface area (Å²) in [6.07, 6.45) is 0.951. The molecule has 2 aromatic carbocycles. The number of likely N-dealkylation sites (tertiary alicyclic amines) is 1. The number of para-hydroxylation sites is 1. The Hall–Kier alpha value is -3.48. The molecule has 1 aromatic heterocycles. The predicted molar refractivity (Wildman–Crippen MR) is 135 cm³/mol. The topological polar surface area (TPSA) is 106 Å². The molecule has 2 heterocycles. The Kier molecular flexibility index (Phi) is 9.84. The minimum absolute atomic E-state index is 0.0386. The number of amides is 2. The number of ether oxygens (including phenoxy) is 1. The van der Waals surface area contributed by atoms with Gasteiger partial charge >= 0.3 is 12.0 Å². The van der Waals surface area contributed by atoms with Crippen LogP contribution in [0.15, 0.2) is 48.5 Å². The number of aliphatic hydroxyl groups is 1. The number of halogens is 4. The van der Waals surface area contributed by atoms with Crippen LogP contribution in [0, 0.1) is 18.6 Å². The number of urea groups is 1. The molecule has 1 saturated heterocycles. The number of methoxy groups -OCH3 is 1. The second-order valence-electron chi connectivity index (χ2n) is 8.90. The van der Waals surface area contributed by atoms with Gasteiger partial charge in [-0.25, -0.2) is 18.3 Å². The van der Waals surface area contributed by atoms with Gasteiger partial charge in [-0.1, -0.05) is 18.2 Å². The van der Waals surface area contributed by atoms with E-state index in [1.807, 2.05) is 0 Å². The molecule has 0 spiro atoms. The number of carbonyl (C=O) groups is 1. The molecule has 206 valence electrons. The lowest BCUT2D eigenvalue weighted by molar-refractivity contribution is -0.0599. The first kappa shape index (κ1) is 29.1. The van der Waals surface area contributed by atoms with Crippen LogP contribution in [0.1, 0.15) is 29.2 Å². The van der Waals surface area contributed by atoms with Crippen LogP contribution in [-0.2, 0) is 10.7 Å². The van der Waals surface area contributed by atoms with E-state index < -0.39 is 35.9 Å². The van der Waals surface area contributed by atoms with Gasteiger partial charge < -0.3 is 20.5 Å². The third-order valence-electron chi connectivity index (χ3n) is 6.15. The molecule has 4 N–H and O–H groups in total. The fraction of sp³-hybridized carbons (Fsp3) is 0.385. The standard InChI is InChI=1S/C13H14F2N4O2.C13H17F2NO/c1-8-10(13(14,15)7-20)18-19(11(8)17-12(16)21)9-5-3-2-4-6-9;1-17-5-4-16-3-2-10(9-16)11-6-12(14)8-13(15)7-11/h2-6,20H,7H2,1H3,(H3,16,17,21);6-8,10H,2-5,9H2,1H3. The normalized spacial score (nSPS) is 15.7. The average Bonchev–Trinajstić information content (AvgIpc) is 3.48. The zero-order valence-electron chi connectivity index (χ0n) is 21.1. The predicted octanol–water partition coefficient (Wildman–Crippen LogP) is 4.16. The van der Waals surface area contributed by atoms with E-state index in [9.17, 15) is 22.4 Å². The van der Waals surface area contributed by atoms with Gasteiger partial charge in [-0.05, 0) is 55.6 Å². The number of nitrogens with two attached hydrogens (primary N) is 1. The molecule has 12 heteroatoms. The van der Waals surface area contributed by atoms with Crippen molar-refractivity contribution in [3.63, 3.8) is 0 Å². The number of aromatic nitrogens is 2. The molecule has 1 atom stereocenters. The van der Waals surface area contributed by atoms with Crippen molar-refractivity contribution in [3.8, 4) is 5.69 Å². The summed E-state index contributed by atoms with van der Waals surface area (Å²) in [4.78, 5) is 13.3. The van der Waals surface area contributed by atoms with Crippen LogP contribution < -0.4 is 11.1 Å². The summed E-state index contributed by atoms with van der Waals surface area (Å²) in [6, 6.07) is 11.3. The number of hydrogen-bond acceptors (Lipinski definition) is 5. The van der Waals surface area contributed by atoms with E-state index >= 15 is 0 Å². The quantitative estimate of drug-likeness (QED) is 0.375. The van der Waals surface area contributed by atoms with Crippen molar-refractivity contribution in [2.24, 2.45) is 5.73 Å². The van der Waals surface area contributed by atoms with E-state index in [0.717, 1.165) is 42.4 Å². The van der Waals surface area contributed by atoms with Crippen molar-refractivity contribution < 1.29 is 32.2 Å². The van der Waals surface area contributed by atoms with Crippen LogP contribution >= 0.6 is 0 Å². The number of nitrogens with one attached hydrogen (secondary N) is 1. The number of carbonyl (C=O) groups excluding carboxylic acids is 1. The Balaban J connectivity index is 0.000000215. The van der Waals surface area contributed by atoms with Gasteiger partial charge in [-0.3, -0.25) is 5.32 Å². The molecule has 0 aliphatic carbocycles. The summed E-state index contributed by atoms with van der Waals surface area (Å²) in [6.45, 7) is 3.39. The average molecular weight is 538 g/mol. The van der Waals surface area contributed by atoms with Gasteiger partial charge in [0.1, 0.15) is 29.8 Å². The summed E-state index contributed by atoms with van der Waals surface area (Å²) in [7, 11) is 1.68. The number of nitrogens with zero attached hydrogens (tertiary/aromatic N) is 3. The van der Waals surface area contributed by atoms with Crippen molar-refractivity contribution in [3.05, 3.63) is 77.0 Å². The Bertz CT molecular complexity index is 1200. The van der Waals surface area contributed by atoms with E-state index in [-0.39, 0.29) is 17.3 Å². The second kappa shape index (κ2) is 12.9. The molecule has 38 heavy (non-hydrogen) atoms. The lowest BCUT2D eigenvalue weighted by Gasteiger charge is -2.15. The number of anilines is 1. The highest BCUT2D eigenvalue weighted by Gasteiger charge is 2.37. The maximum Gasteiger partial charge on any atom is 0.317 e. The molecule has 1 fully saturated rings. The van der Waals surface area contributed by atoms with E-state index in [2.05, 4.69) is 15.3 Å². The Morgan fingerprint density at radius 1 is 1.21 bits per heavy atom. The first-order chi connectivity index (χ1) is 18.1. The summed E-state index contributed by atoms with van der Waals surface area (Å²) >= 11 is 0. The summed E-state index contributed by atoms with van der Waals surface area (Å²) in [5.74, 6) is -4.22. The molecule has 0 saturated carbocycles. The minimum Gasteiger partial charge on any atom is -0.390 e. The Morgan fingerprint density at radius 2 is 1.87 bits per heavy atom. The molecule has 2 amide bonds. The smallest absolute Gasteiger partial charge is 0.317 e. The van der Waals surface area contributed by atoms with Crippen LogP contribution in [-0.4, -0.2) is 65.8 Å². The number of benzene rings is 2. The molecular formula is C26H31F4N5O3. The highest BCUT2D eigenvalue weighted by atomic mass is 19.3. The van der Waals surface area contributed by atoms with Crippen LogP contribution in [0.2, 0.25) is 0 Å². The molecule has 4 rings (SSSR count). The Labute approximate surface area is 218 Å². The fourth-order valence-corrected chi connectivity index (χ4v) is 4.28. The van der Waals surface area contributed by atoms with Crippen LogP contribution in [0.4, 0.5) is 28.2 Å². The third-order valence-corrected chi connectivity index (χ3v) is 6.15.